The van der Waals surface area contributed by atoms with E-state index in [1.54, 1.807) is 48.5 Å². The summed E-state index contributed by atoms with van der Waals surface area (Å²) in [6.07, 6.45) is 4.54. The number of anilines is 1. The summed E-state index contributed by atoms with van der Waals surface area (Å²) in [5.41, 5.74) is 1.33. The van der Waals surface area contributed by atoms with Gasteiger partial charge in [0.15, 0.2) is 5.78 Å². The van der Waals surface area contributed by atoms with E-state index < -0.39 is 17.8 Å². The first-order valence-corrected chi connectivity index (χ1v) is 8.97. The van der Waals surface area contributed by atoms with Crippen molar-refractivity contribution < 1.29 is 19.5 Å². The number of carbonyl (C=O) groups excluding carboxylic acids is 2. The number of ketones is 1. The molecule has 4 atom stereocenters. The van der Waals surface area contributed by atoms with Crippen LogP contribution in [0.1, 0.15) is 22.3 Å². The smallest absolute Gasteiger partial charge is 0.307 e. The summed E-state index contributed by atoms with van der Waals surface area (Å²) in [4.78, 5) is 37.4. The number of para-hydroxylation sites is 1. The van der Waals surface area contributed by atoms with Crippen LogP contribution in [0.2, 0.25) is 0 Å². The van der Waals surface area contributed by atoms with Crippen LogP contribution < -0.4 is 5.32 Å². The molecule has 2 aromatic carbocycles. The Hall–Kier alpha value is -3.21. The van der Waals surface area contributed by atoms with Gasteiger partial charge in [-0.2, -0.15) is 0 Å². The molecule has 136 valence electrons. The number of carboxylic acid groups (broad SMARTS) is 1. The highest BCUT2D eigenvalue weighted by Crippen LogP contribution is 2.48. The molecular weight excluding hydrogens is 342 g/mol. The summed E-state index contributed by atoms with van der Waals surface area (Å²) in [6.45, 7) is 0. The van der Waals surface area contributed by atoms with E-state index in [1.165, 1.54) is 0 Å². The van der Waals surface area contributed by atoms with E-state index in [2.05, 4.69) is 5.32 Å². The second-order valence-corrected chi connectivity index (χ2v) is 7.07. The van der Waals surface area contributed by atoms with Crippen molar-refractivity contribution in [1.29, 1.82) is 0 Å². The summed E-state index contributed by atoms with van der Waals surface area (Å²) in [5, 5.41) is 12.4. The maximum absolute atomic E-state index is 12.9. The van der Waals surface area contributed by atoms with Gasteiger partial charge in [-0.05, 0) is 30.4 Å². The number of carboxylic acids is 1. The third-order valence-corrected chi connectivity index (χ3v) is 5.51. The molecule has 5 nitrogen and oxygen atoms in total. The summed E-state index contributed by atoms with van der Waals surface area (Å²) >= 11 is 0. The SMILES string of the molecule is O=C(c1ccccc1)c1ccccc1NC(=O)[C@H]1[C@@H](C(=O)O)[C@H]2C=C[C@H]1C2. The third kappa shape index (κ3) is 3.05. The normalized spacial score (nSPS) is 25.3. The minimum absolute atomic E-state index is 0.0620. The van der Waals surface area contributed by atoms with Crippen molar-refractivity contribution >= 4 is 23.3 Å². The molecule has 0 radical (unpaired) electrons. The first-order valence-electron chi connectivity index (χ1n) is 8.97. The zero-order valence-electron chi connectivity index (χ0n) is 14.5. The highest BCUT2D eigenvalue weighted by Gasteiger charge is 2.51. The molecule has 0 spiro atoms. The van der Waals surface area contributed by atoms with Gasteiger partial charge in [-0.25, -0.2) is 0 Å². The van der Waals surface area contributed by atoms with E-state index in [9.17, 15) is 19.5 Å². The minimum atomic E-state index is -0.944. The van der Waals surface area contributed by atoms with Gasteiger partial charge in [0.2, 0.25) is 5.91 Å². The van der Waals surface area contributed by atoms with Crippen LogP contribution in [0, 0.1) is 23.7 Å². The van der Waals surface area contributed by atoms with Gasteiger partial charge in [0.05, 0.1) is 17.5 Å². The Morgan fingerprint density at radius 3 is 2.19 bits per heavy atom. The number of fused-ring (bicyclic) bond motifs is 2. The molecule has 0 saturated heterocycles. The fourth-order valence-corrected chi connectivity index (χ4v) is 4.27. The van der Waals surface area contributed by atoms with Crippen molar-refractivity contribution in [3.63, 3.8) is 0 Å². The summed E-state index contributed by atoms with van der Waals surface area (Å²) < 4.78 is 0. The lowest BCUT2D eigenvalue weighted by atomic mass is 9.82. The molecule has 2 bridgehead atoms. The molecular formula is C22H19NO4. The molecule has 2 aliphatic carbocycles. The maximum Gasteiger partial charge on any atom is 0.307 e. The summed E-state index contributed by atoms with van der Waals surface area (Å²) in [6, 6.07) is 15.7. The first kappa shape index (κ1) is 17.2. The number of aliphatic carboxylic acids is 1. The predicted molar refractivity (Wildman–Crippen MR) is 100 cm³/mol. The topological polar surface area (TPSA) is 83.5 Å². The van der Waals surface area contributed by atoms with Gasteiger partial charge in [-0.3, -0.25) is 14.4 Å². The van der Waals surface area contributed by atoms with Gasteiger partial charge in [0, 0.05) is 11.1 Å². The van der Waals surface area contributed by atoms with Crippen LogP contribution in [0.3, 0.4) is 0 Å². The summed E-state index contributed by atoms with van der Waals surface area (Å²) in [7, 11) is 0. The van der Waals surface area contributed by atoms with Crippen molar-refractivity contribution in [2.75, 3.05) is 5.32 Å². The van der Waals surface area contributed by atoms with Crippen molar-refractivity contribution in [2.24, 2.45) is 23.7 Å². The lowest BCUT2D eigenvalue weighted by Gasteiger charge is -2.24. The van der Waals surface area contributed by atoms with Gasteiger partial charge >= 0.3 is 5.97 Å². The van der Waals surface area contributed by atoms with Crippen LogP contribution in [-0.2, 0) is 9.59 Å². The van der Waals surface area contributed by atoms with Crippen molar-refractivity contribution in [1.82, 2.24) is 0 Å². The molecule has 2 N–H and O–H groups in total. The third-order valence-electron chi connectivity index (χ3n) is 5.51. The number of rotatable bonds is 5. The standard InChI is InChI=1S/C22H19NO4/c24-20(13-6-2-1-3-7-13)16-8-4-5-9-17(16)23-21(25)18-14-10-11-15(12-14)19(18)22(26)27/h1-11,14-15,18-19H,12H2,(H,23,25)(H,26,27)/t14-,15-,18+,19-/m0/s1. The second kappa shape index (κ2) is 6.83. The summed E-state index contributed by atoms with van der Waals surface area (Å²) in [5.74, 6) is -2.95. The van der Waals surface area contributed by atoms with Crippen LogP contribution in [0.25, 0.3) is 0 Å². The molecule has 1 amide bonds. The van der Waals surface area contributed by atoms with E-state index in [4.69, 9.17) is 0 Å². The second-order valence-electron chi connectivity index (χ2n) is 7.07. The van der Waals surface area contributed by atoms with Crippen LogP contribution in [0.15, 0.2) is 66.7 Å². The van der Waals surface area contributed by atoms with E-state index in [-0.39, 0.29) is 23.5 Å². The van der Waals surface area contributed by atoms with Crippen LogP contribution >= 0.6 is 0 Å². The van der Waals surface area contributed by atoms with Crippen molar-refractivity contribution in [3.05, 3.63) is 77.9 Å². The highest BCUT2D eigenvalue weighted by molar-refractivity contribution is 6.14. The largest absolute Gasteiger partial charge is 0.481 e. The molecule has 1 fully saturated rings. The number of nitrogens with one attached hydrogen (secondary N) is 1. The minimum Gasteiger partial charge on any atom is -0.481 e. The van der Waals surface area contributed by atoms with Crippen LogP contribution in [0.4, 0.5) is 5.69 Å². The number of allylic oxidation sites excluding steroid dienone is 2. The Morgan fingerprint density at radius 2 is 1.48 bits per heavy atom. The van der Waals surface area contributed by atoms with Gasteiger partial charge in [-0.1, -0.05) is 54.6 Å². The zero-order valence-corrected chi connectivity index (χ0v) is 14.5. The average Bonchev–Trinajstić information content (AvgIpc) is 3.30. The lowest BCUT2D eigenvalue weighted by molar-refractivity contribution is -0.146. The molecule has 4 rings (SSSR count). The average molecular weight is 361 g/mol. The number of hydrogen-bond donors (Lipinski definition) is 2. The monoisotopic (exact) mass is 361 g/mol. The Kier molecular flexibility index (Phi) is 4.36. The molecule has 0 unspecified atom stereocenters. The molecule has 0 aromatic heterocycles. The highest BCUT2D eigenvalue weighted by atomic mass is 16.4. The Balaban J connectivity index is 1.60. The number of benzene rings is 2. The van der Waals surface area contributed by atoms with Gasteiger partial charge in [0.25, 0.3) is 0 Å². The van der Waals surface area contributed by atoms with E-state index in [0.717, 1.165) is 0 Å². The molecule has 2 aromatic rings. The maximum atomic E-state index is 12.9. The van der Waals surface area contributed by atoms with E-state index in [1.807, 2.05) is 18.2 Å². The molecule has 0 aliphatic heterocycles. The molecule has 2 aliphatic rings. The van der Waals surface area contributed by atoms with E-state index >= 15 is 0 Å². The van der Waals surface area contributed by atoms with E-state index in [0.29, 0.717) is 23.2 Å². The number of carbonyl (C=O) groups is 3. The van der Waals surface area contributed by atoms with Crippen molar-refractivity contribution in [3.8, 4) is 0 Å². The Labute approximate surface area is 156 Å². The molecule has 27 heavy (non-hydrogen) atoms. The van der Waals surface area contributed by atoms with Crippen LogP contribution in [0.5, 0.6) is 0 Å². The molecule has 0 heterocycles. The Morgan fingerprint density at radius 1 is 0.852 bits per heavy atom. The predicted octanol–water partition coefficient (Wildman–Crippen LogP) is 3.38. The number of amides is 1. The van der Waals surface area contributed by atoms with Gasteiger partial charge in [-0.15, -0.1) is 0 Å². The fourth-order valence-electron chi connectivity index (χ4n) is 4.27. The molecule has 5 heteroatoms. The molecule has 1 saturated carbocycles. The fraction of sp³-hybridized carbons (Fsp3) is 0.227. The van der Waals surface area contributed by atoms with Crippen molar-refractivity contribution in [2.45, 2.75) is 6.42 Å². The lowest BCUT2D eigenvalue weighted by Crippen LogP contribution is -2.36. The van der Waals surface area contributed by atoms with Gasteiger partial charge < -0.3 is 10.4 Å². The number of hydrogen-bond acceptors (Lipinski definition) is 3. The zero-order chi connectivity index (χ0) is 19.0. The van der Waals surface area contributed by atoms with Crippen LogP contribution in [-0.4, -0.2) is 22.8 Å². The quantitative estimate of drug-likeness (QED) is 0.632. The van der Waals surface area contributed by atoms with Gasteiger partial charge in [0.1, 0.15) is 0 Å². The Bertz CT molecular complexity index is 934. The first-order chi connectivity index (χ1) is 13.1.